The molecule has 1 amide bonds. The molecule has 0 aliphatic carbocycles. The van der Waals surface area contributed by atoms with Gasteiger partial charge in [-0.1, -0.05) is 23.7 Å². The van der Waals surface area contributed by atoms with Crippen LogP contribution in [0.1, 0.15) is 22.5 Å². The van der Waals surface area contributed by atoms with Crippen molar-refractivity contribution < 1.29 is 4.79 Å². The third-order valence-corrected chi connectivity index (χ3v) is 6.07. The Kier molecular flexibility index (Phi) is 5.79. The van der Waals surface area contributed by atoms with E-state index in [4.69, 9.17) is 16.9 Å². The van der Waals surface area contributed by atoms with Gasteiger partial charge in [0.1, 0.15) is 10.7 Å². The fourth-order valence-corrected chi connectivity index (χ4v) is 4.39. The molecule has 0 N–H and O–H groups in total. The molecule has 1 fully saturated rings. The summed E-state index contributed by atoms with van der Waals surface area (Å²) >= 11 is 7.52. The number of hydrogen-bond acceptors (Lipinski definition) is 5. The highest BCUT2D eigenvalue weighted by atomic mass is 35.5. The van der Waals surface area contributed by atoms with Crippen molar-refractivity contribution in [1.29, 1.82) is 5.26 Å². The van der Waals surface area contributed by atoms with Crippen LogP contribution in [-0.4, -0.2) is 42.0 Å². The quantitative estimate of drug-likeness (QED) is 0.614. The highest BCUT2D eigenvalue weighted by molar-refractivity contribution is 7.13. The second-order valence-corrected chi connectivity index (χ2v) is 8.13. The van der Waals surface area contributed by atoms with Gasteiger partial charge in [0.05, 0.1) is 11.6 Å². The number of rotatable bonds is 3. The summed E-state index contributed by atoms with van der Waals surface area (Å²) in [5, 5.41) is 12.2. The molecule has 4 rings (SSSR count). The van der Waals surface area contributed by atoms with Gasteiger partial charge in [0.25, 0.3) is 5.91 Å². The van der Waals surface area contributed by atoms with E-state index in [1.165, 1.54) is 11.3 Å². The fourth-order valence-electron chi connectivity index (χ4n) is 3.41. The minimum absolute atomic E-state index is 0.0313. The lowest BCUT2D eigenvalue weighted by atomic mass is 10.2. The van der Waals surface area contributed by atoms with Crippen molar-refractivity contribution in [2.45, 2.75) is 6.42 Å². The van der Waals surface area contributed by atoms with Crippen molar-refractivity contribution >= 4 is 34.5 Å². The Balaban J connectivity index is 1.44. The van der Waals surface area contributed by atoms with E-state index < -0.39 is 0 Å². The Labute approximate surface area is 178 Å². The molecule has 146 valence electrons. The van der Waals surface area contributed by atoms with Crippen molar-refractivity contribution in [2.24, 2.45) is 0 Å². The summed E-state index contributed by atoms with van der Waals surface area (Å²) in [7, 11) is 0. The van der Waals surface area contributed by atoms with E-state index >= 15 is 0 Å². The molecule has 2 aromatic carbocycles. The van der Waals surface area contributed by atoms with Crippen molar-refractivity contribution in [1.82, 2.24) is 9.88 Å². The van der Waals surface area contributed by atoms with Gasteiger partial charge in [0.2, 0.25) is 0 Å². The van der Waals surface area contributed by atoms with Gasteiger partial charge < -0.3 is 9.80 Å². The van der Waals surface area contributed by atoms with Crippen molar-refractivity contribution in [3.05, 3.63) is 70.2 Å². The summed E-state index contributed by atoms with van der Waals surface area (Å²) in [4.78, 5) is 21.7. The highest BCUT2D eigenvalue weighted by Crippen LogP contribution is 2.27. The number of hydrogen-bond donors (Lipinski definition) is 0. The van der Waals surface area contributed by atoms with Crippen LogP contribution in [0, 0.1) is 11.3 Å². The molecule has 0 spiro atoms. The second kappa shape index (κ2) is 8.64. The van der Waals surface area contributed by atoms with Crippen LogP contribution in [0.5, 0.6) is 0 Å². The molecule has 0 atom stereocenters. The largest absolute Gasteiger partial charge is 0.370 e. The number of halogens is 1. The second-order valence-electron chi connectivity index (χ2n) is 6.84. The summed E-state index contributed by atoms with van der Waals surface area (Å²) in [5.74, 6) is -0.0313. The summed E-state index contributed by atoms with van der Waals surface area (Å²) in [6.07, 6.45) is 0.886. The molecule has 1 aliphatic heterocycles. The van der Waals surface area contributed by atoms with E-state index in [2.05, 4.69) is 16.0 Å². The Bertz CT molecular complexity index is 1060. The SMILES string of the molecule is N#Cc1ccc(N2CCCN(C(=O)c3csc(-c4cccc(Cl)c4)n3)CC2)cc1. The summed E-state index contributed by atoms with van der Waals surface area (Å²) in [6.45, 7) is 2.97. The molecule has 1 saturated heterocycles. The average Bonchev–Trinajstić information content (AvgIpc) is 3.12. The first-order chi connectivity index (χ1) is 14.1. The molecule has 29 heavy (non-hydrogen) atoms. The molecule has 0 radical (unpaired) electrons. The predicted octanol–water partition coefficient (Wildman–Crippen LogP) is 4.69. The molecule has 3 aromatic rings. The zero-order valence-electron chi connectivity index (χ0n) is 15.7. The number of amides is 1. The first-order valence-corrected chi connectivity index (χ1v) is 10.7. The number of carbonyl (C=O) groups is 1. The zero-order valence-corrected chi connectivity index (χ0v) is 17.3. The van der Waals surface area contributed by atoms with Crippen LogP contribution in [0.25, 0.3) is 10.6 Å². The molecule has 1 aromatic heterocycles. The number of nitrogens with zero attached hydrogens (tertiary/aromatic N) is 4. The van der Waals surface area contributed by atoms with Crippen LogP contribution in [0.15, 0.2) is 53.9 Å². The molecule has 0 saturated carbocycles. The monoisotopic (exact) mass is 422 g/mol. The molecule has 7 heteroatoms. The fraction of sp³-hybridized carbons (Fsp3) is 0.227. The van der Waals surface area contributed by atoms with Gasteiger partial charge in [-0.3, -0.25) is 4.79 Å². The van der Waals surface area contributed by atoms with Gasteiger partial charge in [-0.15, -0.1) is 11.3 Å². The summed E-state index contributed by atoms with van der Waals surface area (Å²) in [6, 6.07) is 17.2. The van der Waals surface area contributed by atoms with Gasteiger partial charge in [0, 0.05) is 47.8 Å². The van der Waals surface area contributed by atoms with Crippen LogP contribution in [0.3, 0.4) is 0 Å². The van der Waals surface area contributed by atoms with Gasteiger partial charge in [0.15, 0.2) is 0 Å². The van der Waals surface area contributed by atoms with Crippen LogP contribution in [-0.2, 0) is 0 Å². The van der Waals surface area contributed by atoms with Gasteiger partial charge in [-0.2, -0.15) is 5.26 Å². The first-order valence-electron chi connectivity index (χ1n) is 9.40. The van der Waals surface area contributed by atoms with Crippen molar-refractivity contribution in [3.63, 3.8) is 0 Å². The molecular weight excluding hydrogens is 404 g/mol. The maximum Gasteiger partial charge on any atom is 0.273 e. The van der Waals surface area contributed by atoms with E-state index in [0.717, 1.165) is 35.8 Å². The third kappa shape index (κ3) is 4.42. The number of benzene rings is 2. The molecule has 0 bridgehead atoms. The van der Waals surface area contributed by atoms with Gasteiger partial charge in [-0.05, 0) is 42.8 Å². The van der Waals surface area contributed by atoms with E-state index in [1.807, 2.05) is 58.8 Å². The van der Waals surface area contributed by atoms with E-state index in [9.17, 15) is 4.79 Å². The van der Waals surface area contributed by atoms with E-state index in [1.54, 1.807) is 0 Å². The number of thiazole rings is 1. The normalized spacial score (nSPS) is 14.3. The maximum atomic E-state index is 13.0. The minimum atomic E-state index is -0.0313. The minimum Gasteiger partial charge on any atom is -0.370 e. The molecule has 1 aliphatic rings. The van der Waals surface area contributed by atoms with Crippen LogP contribution >= 0.6 is 22.9 Å². The van der Waals surface area contributed by atoms with Crippen LogP contribution in [0.4, 0.5) is 5.69 Å². The Morgan fingerprint density at radius 2 is 1.93 bits per heavy atom. The van der Waals surface area contributed by atoms with Crippen molar-refractivity contribution in [2.75, 3.05) is 31.1 Å². The molecule has 2 heterocycles. The van der Waals surface area contributed by atoms with Gasteiger partial charge in [-0.25, -0.2) is 4.98 Å². The van der Waals surface area contributed by atoms with Crippen LogP contribution in [0.2, 0.25) is 5.02 Å². The Hall–Kier alpha value is -2.88. The van der Waals surface area contributed by atoms with E-state index in [-0.39, 0.29) is 5.91 Å². The van der Waals surface area contributed by atoms with Crippen LogP contribution < -0.4 is 4.90 Å². The summed E-state index contributed by atoms with van der Waals surface area (Å²) in [5.41, 5.74) is 3.14. The lowest BCUT2D eigenvalue weighted by Gasteiger charge is -2.23. The zero-order chi connectivity index (χ0) is 20.2. The number of anilines is 1. The standard InChI is InChI=1S/C22H19ClN4OS/c23-18-4-1-3-17(13-18)21-25-20(15-29-21)22(28)27-10-2-9-26(11-12-27)19-7-5-16(14-24)6-8-19/h1,3-8,13,15H,2,9-12H2. The average molecular weight is 423 g/mol. The summed E-state index contributed by atoms with van der Waals surface area (Å²) < 4.78 is 0. The van der Waals surface area contributed by atoms with Crippen molar-refractivity contribution in [3.8, 4) is 16.6 Å². The maximum absolute atomic E-state index is 13.0. The number of aromatic nitrogens is 1. The predicted molar refractivity (Wildman–Crippen MR) is 116 cm³/mol. The molecule has 5 nitrogen and oxygen atoms in total. The smallest absolute Gasteiger partial charge is 0.273 e. The molecule has 0 unspecified atom stereocenters. The van der Waals surface area contributed by atoms with Gasteiger partial charge >= 0.3 is 0 Å². The Morgan fingerprint density at radius 3 is 2.69 bits per heavy atom. The molecular formula is C22H19ClN4OS. The first kappa shape index (κ1) is 19.4. The topological polar surface area (TPSA) is 60.2 Å². The lowest BCUT2D eigenvalue weighted by molar-refractivity contribution is 0.0762. The Morgan fingerprint density at radius 1 is 1.10 bits per heavy atom. The number of carbonyl (C=O) groups excluding carboxylic acids is 1. The lowest BCUT2D eigenvalue weighted by Crippen LogP contribution is -2.35. The van der Waals surface area contributed by atoms with E-state index in [0.29, 0.717) is 29.4 Å². The third-order valence-electron chi connectivity index (χ3n) is 4.94. The highest BCUT2D eigenvalue weighted by Gasteiger charge is 2.22. The number of nitriles is 1.